The number of aromatic nitrogens is 1. The van der Waals surface area contributed by atoms with Crippen LogP contribution in [0.4, 0.5) is 4.79 Å². The van der Waals surface area contributed by atoms with E-state index in [1.165, 1.54) is 4.90 Å². The predicted octanol–water partition coefficient (Wildman–Crippen LogP) is 6.52. The van der Waals surface area contributed by atoms with Crippen molar-refractivity contribution in [1.29, 1.82) is 0 Å². The first-order valence-corrected chi connectivity index (χ1v) is 11.5. The summed E-state index contributed by atoms with van der Waals surface area (Å²) in [6, 6.07) is 16.6. The molecule has 1 aliphatic heterocycles. The van der Waals surface area contributed by atoms with Crippen LogP contribution in [0.15, 0.2) is 59.5 Å². The molecule has 1 saturated heterocycles. The molecular formula is C24H20Cl2N2O3S. The zero-order valence-electron chi connectivity index (χ0n) is 17.5. The first-order valence-electron chi connectivity index (χ1n) is 9.92. The fraction of sp³-hybridized carbons (Fsp3) is 0.167. The molecule has 5 nitrogen and oxygen atoms in total. The molecule has 0 saturated carbocycles. The van der Waals surface area contributed by atoms with Crippen molar-refractivity contribution >= 4 is 52.2 Å². The number of aryl methyl sites for hydroxylation is 1. The van der Waals surface area contributed by atoms with Crippen LogP contribution in [-0.4, -0.2) is 33.8 Å². The van der Waals surface area contributed by atoms with E-state index in [9.17, 15) is 9.59 Å². The van der Waals surface area contributed by atoms with E-state index in [-0.39, 0.29) is 24.3 Å². The molecule has 2 heterocycles. The van der Waals surface area contributed by atoms with Gasteiger partial charge < -0.3 is 9.30 Å². The van der Waals surface area contributed by atoms with Crippen molar-refractivity contribution < 1.29 is 14.3 Å². The quantitative estimate of drug-likeness (QED) is 0.372. The topological polar surface area (TPSA) is 51.5 Å². The molecule has 0 spiro atoms. The van der Waals surface area contributed by atoms with Crippen molar-refractivity contribution in [2.75, 3.05) is 13.2 Å². The number of hydrogen-bond donors (Lipinski definition) is 0. The summed E-state index contributed by atoms with van der Waals surface area (Å²) < 4.78 is 7.71. The molecule has 32 heavy (non-hydrogen) atoms. The summed E-state index contributed by atoms with van der Waals surface area (Å²) in [7, 11) is 0. The van der Waals surface area contributed by atoms with Gasteiger partial charge in [0.2, 0.25) is 0 Å². The highest BCUT2D eigenvalue weighted by Gasteiger charge is 2.35. The molecular weight excluding hydrogens is 467 g/mol. The number of nitrogens with zero attached hydrogens (tertiary/aromatic N) is 2. The summed E-state index contributed by atoms with van der Waals surface area (Å²) in [4.78, 5) is 26.9. The smallest absolute Gasteiger partial charge is 0.293 e. The molecule has 2 amide bonds. The first kappa shape index (κ1) is 22.5. The molecule has 3 aromatic rings. The molecule has 1 aromatic heterocycles. The predicted molar refractivity (Wildman–Crippen MR) is 130 cm³/mol. The lowest BCUT2D eigenvalue weighted by atomic mass is 10.2. The average Bonchev–Trinajstić information content (AvgIpc) is 3.19. The number of carbonyl (C=O) groups excluding carboxylic acids is 2. The second kappa shape index (κ2) is 9.45. The molecule has 1 aliphatic rings. The summed E-state index contributed by atoms with van der Waals surface area (Å²) in [5.41, 5.74) is 3.85. The van der Waals surface area contributed by atoms with Gasteiger partial charge in [0, 0.05) is 22.1 Å². The second-order valence-corrected chi connectivity index (χ2v) is 9.09. The molecule has 2 aromatic carbocycles. The maximum atomic E-state index is 12.9. The molecule has 0 unspecified atom stereocenters. The number of carbonyl (C=O) groups is 2. The number of amides is 2. The van der Waals surface area contributed by atoms with Gasteiger partial charge in [-0.3, -0.25) is 14.5 Å². The molecule has 0 bridgehead atoms. The minimum atomic E-state index is -0.320. The van der Waals surface area contributed by atoms with Gasteiger partial charge in [0.1, 0.15) is 12.4 Å². The Morgan fingerprint density at radius 1 is 1.03 bits per heavy atom. The van der Waals surface area contributed by atoms with Crippen molar-refractivity contribution in [2.24, 2.45) is 0 Å². The lowest BCUT2D eigenvalue weighted by Gasteiger charge is -2.13. The number of rotatable bonds is 6. The van der Waals surface area contributed by atoms with E-state index in [1.807, 2.05) is 50.2 Å². The van der Waals surface area contributed by atoms with Gasteiger partial charge in [-0.15, -0.1) is 0 Å². The van der Waals surface area contributed by atoms with Crippen LogP contribution in [0.1, 0.15) is 17.0 Å². The summed E-state index contributed by atoms with van der Waals surface area (Å²) in [6.45, 7) is 4.29. The van der Waals surface area contributed by atoms with Crippen molar-refractivity contribution in [2.45, 2.75) is 13.8 Å². The van der Waals surface area contributed by atoms with Gasteiger partial charge >= 0.3 is 0 Å². The van der Waals surface area contributed by atoms with Crippen molar-refractivity contribution in [3.05, 3.63) is 86.5 Å². The molecule has 0 N–H and O–H groups in total. The highest BCUT2D eigenvalue weighted by molar-refractivity contribution is 8.18. The Hall–Kier alpha value is -2.67. The molecule has 0 radical (unpaired) electrons. The Bertz CT molecular complexity index is 1220. The maximum absolute atomic E-state index is 12.9. The lowest BCUT2D eigenvalue weighted by Crippen LogP contribution is -2.32. The van der Waals surface area contributed by atoms with Crippen LogP contribution in [0.2, 0.25) is 10.0 Å². The van der Waals surface area contributed by atoms with Crippen LogP contribution < -0.4 is 4.74 Å². The largest absolute Gasteiger partial charge is 0.490 e. The molecule has 0 aliphatic carbocycles. The van der Waals surface area contributed by atoms with Gasteiger partial charge in [-0.1, -0.05) is 35.3 Å². The number of para-hydroxylation sites is 1. The second-order valence-electron chi connectivity index (χ2n) is 7.25. The Morgan fingerprint density at radius 3 is 2.47 bits per heavy atom. The van der Waals surface area contributed by atoms with E-state index < -0.39 is 0 Å². The van der Waals surface area contributed by atoms with Crippen LogP contribution in [0, 0.1) is 13.8 Å². The summed E-state index contributed by atoms with van der Waals surface area (Å²) in [6.07, 6.45) is 1.77. The highest BCUT2D eigenvalue weighted by atomic mass is 35.5. The Labute approximate surface area is 200 Å². The van der Waals surface area contributed by atoms with Gasteiger partial charge in [0.05, 0.1) is 16.5 Å². The molecule has 8 heteroatoms. The maximum Gasteiger partial charge on any atom is 0.293 e. The van der Waals surface area contributed by atoms with Gasteiger partial charge in [0.15, 0.2) is 0 Å². The lowest BCUT2D eigenvalue weighted by molar-refractivity contribution is -0.123. The normalized spacial score (nSPS) is 15.1. The van der Waals surface area contributed by atoms with E-state index in [0.29, 0.717) is 20.7 Å². The Kier molecular flexibility index (Phi) is 6.65. The third kappa shape index (κ3) is 4.58. The fourth-order valence-corrected chi connectivity index (χ4v) is 4.74. The number of benzene rings is 2. The van der Waals surface area contributed by atoms with Gasteiger partial charge in [-0.2, -0.15) is 0 Å². The third-order valence-electron chi connectivity index (χ3n) is 5.12. The zero-order chi connectivity index (χ0) is 22.8. The minimum absolute atomic E-state index is 0.150. The number of thioether (sulfide) groups is 1. The van der Waals surface area contributed by atoms with Crippen LogP contribution in [0.25, 0.3) is 11.8 Å². The summed E-state index contributed by atoms with van der Waals surface area (Å²) in [5, 5.41) is 0.844. The number of ether oxygens (including phenoxy) is 1. The summed E-state index contributed by atoms with van der Waals surface area (Å²) >= 11 is 13.0. The van der Waals surface area contributed by atoms with E-state index in [2.05, 4.69) is 4.57 Å². The van der Waals surface area contributed by atoms with Gasteiger partial charge in [0.25, 0.3) is 11.1 Å². The van der Waals surface area contributed by atoms with Crippen LogP contribution in [0.5, 0.6) is 5.75 Å². The SMILES string of the molecule is Cc1cc(/C=C2\SC(=O)N(CCOc3ccccc3Cl)C2=O)c(C)n1-c1ccc(Cl)cc1. The monoisotopic (exact) mass is 486 g/mol. The van der Waals surface area contributed by atoms with E-state index in [1.54, 1.807) is 24.3 Å². The molecule has 1 fully saturated rings. The van der Waals surface area contributed by atoms with Crippen LogP contribution >= 0.6 is 35.0 Å². The Balaban J connectivity index is 1.50. The summed E-state index contributed by atoms with van der Waals surface area (Å²) in [5.74, 6) is 0.199. The zero-order valence-corrected chi connectivity index (χ0v) is 19.8. The number of imide groups is 1. The van der Waals surface area contributed by atoms with Gasteiger partial charge in [-0.25, -0.2) is 0 Å². The first-order chi connectivity index (χ1) is 15.3. The van der Waals surface area contributed by atoms with E-state index in [0.717, 1.165) is 34.4 Å². The number of halogens is 2. The van der Waals surface area contributed by atoms with Crippen LogP contribution in [-0.2, 0) is 4.79 Å². The third-order valence-corrected chi connectivity index (χ3v) is 6.60. The fourth-order valence-electron chi connectivity index (χ4n) is 3.56. The minimum Gasteiger partial charge on any atom is -0.490 e. The van der Waals surface area contributed by atoms with Crippen molar-refractivity contribution in [1.82, 2.24) is 9.47 Å². The Morgan fingerprint density at radius 2 is 1.75 bits per heavy atom. The van der Waals surface area contributed by atoms with Gasteiger partial charge in [-0.05, 0) is 79.7 Å². The highest BCUT2D eigenvalue weighted by Crippen LogP contribution is 2.34. The molecule has 0 atom stereocenters. The van der Waals surface area contributed by atoms with Crippen molar-refractivity contribution in [3.8, 4) is 11.4 Å². The average molecular weight is 487 g/mol. The molecule has 164 valence electrons. The van der Waals surface area contributed by atoms with E-state index >= 15 is 0 Å². The van der Waals surface area contributed by atoms with Crippen LogP contribution in [0.3, 0.4) is 0 Å². The van der Waals surface area contributed by atoms with E-state index in [4.69, 9.17) is 27.9 Å². The molecule has 4 rings (SSSR count). The van der Waals surface area contributed by atoms with Crippen molar-refractivity contribution in [3.63, 3.8) is 0 Å². The standard InChI is InChI=1S/C24H20Cl2N2O3S/c1-15-13-17(16(2)28(15)19-9-7-18(25)8-10-19)14-22-23(29)27(24(30)32-22)11-12-31-21-6-4-3-5-20(21)26/h3-10,13-14H,11-12H2,1-2H3/b22-14-. The number of hydrogen-bond acceptors (Lipinski definition) is 4.